The predicted molar refractivity (Wildman–Crippen MR) is 96.0 cm³/mol. The van der Waals surface area contributed by atoms with Gasteiger partial charge in [0.05, 0.1) is 25.5 Å². The summed E-state index contributed by atoms with van der Waals surface area (Å²) < 4.78 is 1.10. The molecule has 24 heavy (non-hydrogen) atoms. The van der Waals surface area contributed by atoms with Gasteiger partial charge in [0.2, 0.25) is 0 Å². The molecule has 2 aromatic carbocycles. The van der Waals surface area contributed by atoms with Crippen LogP contribution in [0.1, 0.15) is 5.01 Å². The topological polar surface area (TPSA) is 81.0 Å². The SMILES string of the molecule is Cc1nc2ccc(Nc3ccc([N+](=O)[O-])c4cnccc34)cc2s1. The summed E-state index contributed by atoms with van der Waals surface area (Å²) in [6.07, 6.45) is 3.15. The van der Waals surface area contributed by atoms with E-state index in [0.717, 1.165) is 32.0 Å². The van der Waals surface area contributed by atoms with Crippen LogP contribution in [0.2, 0.25) is 0 Å². The maximum absolute atomic E-state index is 11.2. The third kappa shape index (κ3) is 2.44. The first-order valence-corrected chi connectivity index (χ1v) is 8.09. The number of hydrogen-bond donors (Lipinski definition) is 1. The minimum atomic E-state index is -0.389. The Hall–Kier alpha value is -3.06. The first-order valence-electron chi connectivity index (χ1n) is 7.27. The minimum absolute atomic E-state index is 0.0529. The summed E-state index contributed by atoms with van der Waals surface area (Å²) in [6, 6.07) is 11.0. The van der Waals surface area contributed by atoms with E-state index >= 15 is 0 Å². The Kier molecular flexibility index (Phi) is 3.35. The molecule has 0 bridgehead atoms. The Morgan fingerprint density at radius 1 is 1.17 bits per heavy atom. The number of nitro groups is 1. The third-order valence-corrected chi connectivity index (χ3v) is 4.70. The summed E-state index contributed by atoms with van der Waals surface area (Å²) in [4.78, 5) is 19.3. The van der Waals surface area contributed by atoms with Gasteiger partial charge in [-0.05, 0) is 37.3 Å². The summed E-state index contributed by atoms with van der Waals surface area (Å²) in [5.74, 6) is 0. The molecule has 0 spiro atoms. The molecular weight excluding hydrogens is 324 g/mol. The van der Waals surface area contributed by atoms with Gasteiger partial charge in [0, 0.05) is 35.2 Å². The monoisotopic (exact) mass is 336 g/mol. The van der Waals surface area contributed by atoms with Crippen LogP contribution >= 0.6 is 11.3 Å². The summed E-state index contributed by atoms with van der Waals surface area (Å²) >= 11 is 1.64. The molecule has 7 heteroatoms. The number of aromatic nitrogens is 2. The highest BCUT2D eigenvalue weighted by molar-refractivity contribution is 7.18. The maximum Gasteiger partial charge on any atom is 0.278 e. The number of hydrogen-bond acceptors (Lipinski definition) is 6. The van der Waals surface area contributed by atoms with Crippen molar-refractivity contribution in [1.82, 2.24) is 9.97 Å². The molecule has 0 radical (unpaired) electrons. The first kappa shape index (κ1) is 14.5. The summed E-state index contributed by atoms with van der Waals surface area (Å²) in [5, 5.41) is 16.8. The largest absolute Gasteiger partial charge is 0.355 e. The fraction of sp³-hybridized carbons (Fsp3) is 0.0588. The second kappa shape index (κ2) is 5.54. The molecule has 0 unspecified atom stereocenters. The van der Waals surface area contributed by atoms with Gasteiger partial charge >= 0.3 is 0 Å². The van der Waals surface area contributed by atoms with Crippen LogP contribution in [0.4, 0.5) is 17.1 Å². The molecule has 0 aliphatic rings. The summed E-state index contributed by atoms with van der Waals surface area (Å²) in [5.41, 5.74) is 2.75. The lowest BCUT2D eigenvalue weighted by atomic mass is 10.1. The van der Waals surface area contributed by atoms with Gasteiger partial charge in [-0.3, -0.25) is 15.1 Å². The van der Waals surface area contributed by atoms with Crippen LogP contribution in [-0.2, 0) is 0 Å². The minimum Gasteiger partial charge on any atom is -0.355 e. The number of non-ortho nitro benzene ring substituents is 1. The van der Waals surface area contributed by atoms with Crippen molar-refractivity contribution in [1.29, 1.82) is 0 Å². The van der Waals surface area contributed by atoms with Crippen molar-refractivity contribution in [2.24, 2.45) is 0 Å². The van der Waals surface area contributed by atoms with E-state index in [0.29, 0.717) is 5.39 Å². The number of nitro benzene ring substituents is 1. The smallest absolute Gasteiger partial charge is 0.278 e. The van der Waals surface area contributed by atoms with Crippen molar-refractivity contribution >= 4 is 49.4 Å². The molecule has 6 nitrogen and oxygen atoms in total. The Labute approximate surface area is 140 Å². The van der Waals surface area contributed by atoms with E-state index in [-0.39, 0.29) is 10.6 Å². The molecule has 4 rings (SSSR count). The average molecular weight is 336 g/mol. The van der Waals surface area contributed by atoms with Crippen LogP contribution < -0.4 is 5.32 Å². The number of rotatable bonds is 3. The third-order valence-electron chi connectivity index (χ3n) is 3.77. The van der Waals surface area contributed by atoms with E-state index in [2.05, 4.69) is 15.3 Å². The molecule has 0 amide bonds. The number of pyridine rings is 1. The Morgan fingerprint density at radius 2 is 2.04 bits per heavy atom. The van der Waals surface area contributed by atoms with Gasteiger partial charge in [-0.15, -0.1) is 11.3 Å². The van der Waals surface area contributed by atoms with Crippen molar-refractivity contribution in [2.45, 2.75) is 6.92 Å². The Morgan fingerprint density at radius 3 is 2.88 bits per heavy atom. The van der Waals surface area contributed by atoms with Crippen LogP contribution in [0.15, 0.2) is 48.8 Å². The van der Waals surface area contributed by atoms with Gasteiger partial charge < -0.3 is 5.32 Å². The molecule has 118 valence electrons. The second-order valence-electron chi connectivity index (χ2n) is 5.35. The van der Waals surface area contributed by atoms with E-state index in [1.54, 1.807) is 29.7 Å². The molecule has 0 aliphatic carbocycles. The molecule has 0 fully saturated rings. The standard InChI is InChI=1S/C17H12N4O2S/c1-10-19-15-3-2-11(8-17(15)24-10)20-14-4-5-16(21(22)23)13-9-18-7-6-12(13)14/h2-9,20H,1H3. The Balaban J connectivity index is 1.81. The van der Waals surface area contributed by atoms with Crippen LogP contribution in [0, 0.1) is 17.0 Å². The second-order valence-corrected chi connectivity index (χ2v) is 6.59. The number of thiazole rings is 1. The Bertz CT molecular complexity index is 1090. The zero-order chi connectivity index (χ0) is 16.7. The highest BCUT2D eigenvalue weighted by Crippen LogP contribution is 2.33. The van der Waals surface area contributed by atoms with Gasteiger partial charge in [0.25, 0.3) is 5.69 Å². The lowest BCUT2D eigenvalue weighted by Crippen LogP contribution is -1.95. The van der Waals surface area contributed by atoms with Crippen LogP contribution in [0.5, 0.6) is 0 Å². The zero-order valence-electron chi connectivity index (χ0n) is 12.7. The molecule has 0 aliphatic heterocycles. The lowest BCUT2D eigenvalue weighted by molar-refractivity contribution is -0.383. The van der Waals surface area contributed by atoms with Gasteiger partial charge in [0.1, 0.15) is 0 Å². The molecule has 0 saturated carbocycles. The highest BCUT2D eigenvalue weighted by Gasteiger charge is 2.14. The molecule has 0 atom stereocenters. The van der Waals surface area contributed by atoms with Crippen LogP contribution in [0.25, 0.3) is 21.0 Å². The summed E-state index contributed by atoms with van der Waals surface area (Å²) in [7, 11) is 0. The van der Waals surface area contributed by atoms with Crippen molar-refractivity contribution in [3.05, 3.63) is 63.9 Å². The van der Waals surface area contributed by atoms with Crippen LogP contribution in [0.3, 0.4) is 0 Å². The number of anilines is 2. The van der Waals surface area contributed by atoms with E-state index in [4.69, 9.17) is 0 Å². The number of nitrogens with zero attached hydrogens (tertiary/aromatic N) is 3. The molecule has 1 N–H and O–H groups in total. The quantitative estimate of drug-likeness (QED) is 0.429. The average Bonchev–Trinajstić information content (AvgIpc) is 2.94. The van der Waals surface area contributed by atoms with Gasteiger partial charge in [-0.2, -0.15) is 0 Å². The van der Waals surface area contributed by atoms with Crippen molar-refractivity contribution < 1.29 is 4.92 Å². The van der Waals surface area contributed by atoms with Gasteiger partial charge in [0.15, 0.2) is 0 Å². The van der Waals surface area contributed by atoms with E-state index in [1.807, 2.05) is 25.1 Å². The fourth-order valence-corrected chi connectivity index (χ4v) is 3.58. The predicted octanol–water partition coefficient (Wildman–Crippen LogP) is 4.80. The molecule has 0 saturated heterocycles. The number of benzene rings is 2. The molecular formula is C17H12N4O2S. The van der Waals surface area contributed by atoms with E-state index in [1.165, 1.54) is 12.3 Å². The number of fused-ring (bicyclic) bond motifs is 2. The maximum atomic E-state index is 11.2. The molecule has 2 aromatic heterocycles. The summed E-state index contributed by atoms with van der Waals surface area (Å²) in [6.45, 7) is 1.98. The molecule has 2 heterocycles. The zero-order valence-corrected chi connectivity index (χ0v) is 13.5. The van der Waals surface area contributed by atoms with Crippen molar-refractivity contribution in [3.8, 4) is 0 Å². The van der Waals surface area contributed by atoms with Crippen molar-refractivity contribution in [2.75, 3.05) is 5.32 Å². The van der Waals surface area contributed by atoms with Crippen LogP contribution in [-0.4, -0.2) is 14.9 Å². The van der Waals surface area contributed by atoms with E-state index < -0.39 is 0 Å². The normalized spacial score (nSPS) is 11.0. The molecule has 4 aromatic rings. The van der Waals surface area contributed by atoms with Crippen molar-refractivity contribution in [3.63, 3.8) is 0 Å². The van der Waals surface area contributed by atoms with Gasteiger partial charge in [-0.25, -0.2) is 4.98 Å². The fourth-order valence-electron chi connectivity index (χ4n) is 2.72. The highest BCUT2D eigenvalue weighted by atomic mass is 32.1. The van der Waals surface area contributed by atoms with Gasteiger partial charge in [-0.1, -0.05) is 0 Å². The number of nitrogens with one attached hydrogen (secondary N) is 1. The first-order chi connectivity index (χ1) is 11.6. The number of aryl methyl sites for hydroxylation is 1. The van der Waals surface area contributed by atoms with E-state index in [9.17, 15) is 10.1 Å². The lowest BCUT2D eigenvalue weighted by Gasteiger charge is -2.10.